The van der Waals surface area contributed by atoms with Crippen LogP contribution in [-0.4, -0.2) is 9.78 Å². The SMILES string of the molecule is Cc1nn(C)c2sccc12. The normalized spacial score (nSPS) is 11.0. The molecule has 0 unspecified atom stereocenters. The van der Waals surface area contributed by atoms with Gasteiger partial charge in [-0.15, -0.1) is 11.3 Å². The quantitative estimate of drug-likeness (QED) is 0.564. The van der Waals surface area contributed by atoms with Gasteiger partial charge in [-0.2, -0.15) is 5.10 Å². The Morgan fingerprint density at radius 2 is 2.40 bits per heavy atom. The number of hydrogen-bond acceptors (Lipinski definition) is 2. The maximum Gasteiger partial charge on any atom is 0.121 e. The van der Waals surface area contributed by atoms with Gasteiger partial charge in [-0.3, -0.25) is 4.68 Å². The predicted molar refractivity (Wildman–Crippen MR) is 43.3 cm³/mol. The number of thiophene rings is 1. The number of rotatable bonds is 0. The zero-order chi connectivity index (χ0) is 7.14. The molecule has 0 N–H and O–H groups in total. The summed E-state index contributed by atoms with van der Waals surface area (Å²) in [7, 11) is 1.98. The average Bonchev–Trinajstić information content (AvgIpc) is 2.39. The van der Waals surface area contributed by atoms with Crippen LogP contribution in [0.1, 0.15) is 5.69 Å². The maximum absolute atomic E-state index is 4.28. The smallest absolute Gasteiger partial charge is 0.121 e. The molecule has 0 fully saturated rings. The Morgan fingerprint density at radius 1 is 1.60 bits per heavy atom. The molecule has 0 bridgehead atoms. The van der Waals surface area contributed by atoms with Crippen molar-refractivity contribution in [2.75, 3.05) is 0 Å². The van der Waals surface area contributed by atoms with E-state index in [9.17, 15) is 0 Å². The van der Waals surface area contributed by atoms with E-state index in [2.05, 4.69) is 16.5 Å². The fourth-order valence-electron chi connectivity index (χ4n) is 1.15. The fourth-order valence-corrected chi connectivity index (χ4v) is 2.02. The van der Waals surface area contributed by atoms with Crippen LogP contribution in [0.25, 0.3) is 10.2 Å². The van der Waals surface area contributed by atoms with Gasteiger partial charge in [0.15, 0.2) is 0 Å². The van der Waals surface area contributed by atoms with Crippen molar-refractivity contribution in [2.45, 2.75) is 6.92 Å². The molecule has 3 heteroatoms. The summed E-state index contributed by atoms with van der Waals surface area (Å²) in [5, 5.41) is 7.66. The second-order valence-electron chi connectivity index (χ2n) is 2.35. The van der Waals surface area contributed by atoms with Crippen molar-refractivity contribution in [1.82, 2.24) is 9.78 Å². The molecule has 0 aliphatic carbocycles. The molecule has 0 spiro atoms. The van der Waals surface area contributed by atoms with E-state index in [1.807, 2.05) is 18.7 Å². The first-order valence-corrected chi connectivity index (χ1v) is 4.04. The van der Waals surface area contributed by atoms with Crippen LogP contribution < -0.4 is 0 Å². The fraction of sp³-hybridized carbons (Fsp3) is 0.286. The van der Waals surface area contributed by atoms with Gasteiger partial charge in [0.25, 0.3) is 0 Å². The van der Waals surface area contributed by atoms with E-state index in [1.165, 1.54) is 10.2 Å². The van der Waals surface area contributed by atoms with E-state index in [0.717, 1.165) is 5.69 Å². The van der Waals surface area contributed by atoms with E-state index in [4.69, 9.17) is 0 Å². The molecule has 0 saturated heterocycles. The third-order valence-corrected chi connectivity index (χ3v) is 2.61. The molecule has 0 saturated carbocycles. The van der Waals surface area contributed by atoms with Gasteiger partial charge >= 0.3 is 0 Å². The molecule has 2 rings (SSSR count). The van der Waals surface area contributed by atoms with Gasteiger partial charge in [0.05, 0.1) is 5.69 Å². The molecule has 0 aromatic carbocycles. The van der Waals surface area contributed by atoms with E-state index in [0.29, 0.717) is 0 Å². The highest BCUT2D eigenvalue weighted by Gasteiger charge is 2.03. The molecule has 10 heavy (non-hydrogen) atoms. The van der Waals surface area contributed by atoms with Crippen LogP contribution in [0.4, 0.5) is 0 Å². The molecule has 0 radical (unpaired) electrons. The van der Waals surface area contributed by atoms with Crippen LogP contribution in [0, 0.1) is 6.92 Å². The minimum absolute atomic E-state index is 1.12. The number of aromatic nitrogens is 2. The summed E-state index contributed by atoms with van der Waals surface area (Å²) in [6, 6.07) is 2.11. The Bertz CT molecular complexity index is 327. The summed E-state index contributed by atoms with van der Waals surface area (Å²) >= 11 is 1.74. The van der Waals surface area contributed by atoms with Crippen molar-refractivity contribution in [3.05, 3.63) is 17.1 Å². The van der Waals surface area contributed by atoms with Crippen LogP contribution in [0.3, 0.4) is 0 Å². The lowest BCUT2D eigenvalue weighted by molar-refractivity contribution is 0.788. The Kier molecular flexibility index (Phi) is 1.08. The highest BCUT2D eigenvalue weighted by Crippen LogP contribution is 2.22. The molecule has 2 aromatic heterocycles. The number of aryl methyl sites for hydroxylation is 2. The predicted octanol–water partition coefficient (Wildman–Crippen LogP) is 1.94. The Labute approximate surface area is 63.1 Å². The van der Waals surface area contributed by atoms with Crippen molar-refractivity contribution >= 4 is 21.6 Å². The number of hydrogen-bond donors (Lipinski definition) is 0. The molecule has 0 atom stereocenters. The van der Waals surface area contributed by atoms with E-state index in [1.54, 1.807) is 11.3 Å². The van der Waals surface area contributed by atoms with Gasteiger partial charge in [0.1, 0.15) is 4.83 Å². The van der Waals surface area contributed by atoms with E-state index < -0.39 is 0 Å². The molecule has 0 aliphatic heterocycles. The Hall–Kier alpha value is -0.830. The first-order valence-electron chi connectivity index (χ1n) is 3.16. The highest BCUT2D eigenvalue weighted by atomic mass is 32.1. The third-order valence-electron chi connectivity index (χ3n) is 1.63. The zero-order valence-corrected chi connectivity index (χ0v) is 6.77. The maximum atomic E-state index is 4.28. The third kappa shape index (κ3) is 0.609. The summed E-state index contributed by atoms with van der Waals surface area (Å²) in [4.78, 5) is 1.26. The molecule has 2 aromatic rings. The average molecular weight is 152 g/mol. The number of fused-ring (bicyclic) bond motifs is 1. The topological polar surface area (TPSA) is 17.8 Å². The molecule has 2 nitrogen and oxygen atoms in total. The van der Waals surface area contributed by atoms with Gasteiger partial charge in [0.2, 0.25) is 0 Å². The molecular formula is C7H8N2S. The Morgan fingerprint density at radius 3 is 3.10 bits per heavy atom. The molecule has 2 heterocycles. The first-order chi connectivity index (χ1) is 4.79. The summed E-state index contributed by atoms with van der Waals surface area (Å²) in [6.07, 6.45) is 0. The summed E-state index contributed by atoms with van der Waals surface area (Å²) in [5.74, 6) is 0. The van der Waals surface area contributed by atoms with Crippen LogP contribution in [0.2, 0.25) is 0 Å². The molecule has 0 amide bonds. The van der Waals surface area contributed by atoms with Crippen LogP contribution in [-0.2, 0) is 7.05 Å². The van der Waals surface area contributed by atoms with Crippen molar-refractivity contribution in [2.24, 2.45) is 7.05 Å². The van der Waals surface area contributed by atoms with Gasteiger partial charge < -0.3 is 0 Å². The van der Waals surface area contributed by atoms with Gasteiger partial charge in [-0.1, -0.05) is 0 Å². The zero-order valence-electron chi connectivity index (χ0n) is 5.96. The van der Waals surface area contributed by atoms with Crippen molar-refractivity contribution < 1.29 is 0 Å². The molecule has 52 valence electrons. The van der Waals surface area contributed by atoms with Crippen molar-refractivity contribution in [3.8, 4) is 0 Å². The first kappa shape index (κ1) is 5.92. The Balaban J connectivity index is 2.98. The summed E-state index contributed by atoms with van der Waals surface area (Å²) in [5.41, 5.74) is 1.12. The second kappa shape index (κ2) is 1.83. The van der Waals surface area contributed by atoms with Crippen LogP contribution >= 0.6 is 11.3 Å². The van der Waals surface area contributed by atoms with Gasteiger partial charge in [0, 0.05) is 12.4 Å². The lowest BCUT2D eigenvalue weighted by Crippen LogP contribution is -1.87. The lowest BCUT2D eigenvalue weighted by Gasteiger charge is -1.84. The molecular weight excluding hydrogens is 144 g/mol. The van der Waals surface area contributed by atoms with Crippen molar-refractivity contribution in [3.63, 3.8) is 0 Å². The standard InChI is InChI=1S/C7H8N2S/c1-5-6-3-4-10-7(6)9(2)8-5/h3-4H,1-2H3. The molecule has 0 aliphatic rings. The van der Waals surface area contributed by atoms with Crippen LogP contribution in [0.15, 0.2) is 11.4 Å². The highest BCUT2D eigenvalue weighted by molar-refractivity contribution is 7.16. The van der Waals surface area contributed by atoms with Crippen LogP contribution in [0.5, 0.6) is 0 Å². The van der Waals surface area contributed by atoms with Gasteiger partial charge in [-0.25, -0.2) is 0 Å². The minimum atomic E-state index is 1.12. The minimum Gasteiger partial charge on any atom is -0.258 e. The summed E-state index contributed by atoms with van der Waals surface area (Å²) in [6.45, 7) is 2.04. The van der Waals surface area contributed by atoms with E-state index >= 15 is 0 Å². The van der Waals surface area contributed by atoms with Crippen molar-refractivity contribution in [1.29, 1.82) is 0 Å². The summed E-state index contributed by atoms with van der Waals surface area (Å²) < 4.78 is 1.93. The monoisotopic (exact) mass is 152 g/mol. The largest absolute Gasteiger partial charge is 0.258 e. The van der Waals surface area contributed by atoms with E-state index in [-0.39, 0.29) is 0 Å². The lowest BCUT2D eigenvalue weighted by atomic mass is 10.3. The second-order valence-corrected chi connectivity index (χ2v) is 3.24. The van der Waals surface area contributed by atoms with Gasteiger partial charge in [-0.05, 0) is 18.4 Å². The number of nitrogens with zero attached hydrogens (tertiary/aromatic N) is 2.